The lowest BCUT2D eigenvalue weighted by Crippen LogP contribution is -1.94. The fourth-order valence-electron chi connectivity index (χ4n) is 2.76. The molecule has 0 unspecified atom stereocenters. The summed E-state index contributed by atoms with van der Waals surface area (Å²) < 4.78 is 5.48. The maximum atomic E-state index is 5.48. The molecule has 3 rings (SSSR count). The zero-order valence-electron chi connectivity index (χ0n) is 13.3. The van der Waals surface area contributed by atoms with Gasteiger partial charge in [-0.3, -0.25) is 0 Å². The van der Waals surface area contributed by atoms with E-state index in [0.717, 1.165) is 22.4 Å². The lowest BCUT2D eigenvalue weighted by atomic mass is 9.94. The van der Waals surface area contributed by atoms with Crippen LogP contribution in [0.5, 0.6) is 5.75 Å². The topological polar surface area (TPSA) is 9.23 Å². The van der Waals surface area contributed by atoms with Crippen LogP contribution in [0, 0.1) is 13.8 Å². The van der Waals surface area contributed by atoms with Crippen LogP contribution in [0.25, 0.3) is 16.3 Å². The summed E-state index contributed by atoms with van der Waals surface area (Å²) in [6, 6.07) is 19.1. The second-order valence-corrected chi connectivity index (χ2v) is 5.66. The molecular formula is C21H20O. The number of methoxy groups -OCH3 is 1. The Morgan fingerprint density at radius 1 is 0.864 bits per heavy atom. The first-order valence-electron chi connectivity index (χ1n) is 7.44. The Hall–Kier alpha value is -2.54. The standard InChI is InChI=1S/C21H20O/c1-14-11-20(13-21(22-4)15(14)2)16(3)18-10-9-17-7-5-6-8-19(17)12-18/h5-13H,3H2,1-2,4H3. The molecule has 0 aliphatic rings. The predicted octanol–water partition coefficient (Wildman–Crippen LogP) is 5.53. The Morgan fingerprint density at radius 2 is 1.59 bits per heavy atom. The van der Waals surface area contributed by atoms with Crippen LogP contribution in [0.4, 0.5) is 0 Å². The molecule has 0 atom stereocenters. The van der Waals surface area contributed by atoms with Crippen LogP contribution in [0.3, 0.4) is 0 Å². The van der Waals surface area contributed by atoms with Gasteiger partial charge in [-0.25, -0.2) is 0 Å². The third kappa shape index (κ3) is 2.50. The zero-order chi connectivity index (χ0) is 15.7. The van der Waals surface area contributed by atoms with Crippen molar-refractivity contribution < 1.29 is 4.74 Å². The van der Waals surface area contributed by atoms with Crippen molar-refractivity contribution in [1.82, 2.24) is 0 Å². The van der Waals surface area contributed by atoms with E-state index in [9.17, 15) is 0 Å². The summed E-state index contributed by atoms with van der Waals surface area (Å²) in [6.45, 7) is 8.48. The first kappa shape index (κ1) is 14.4. The normalized spacial score (nSPS) is 10.7. The molecule has 0 N–H and O–H groups in total. The van der Waals surface area contributed by atoms with E-state index in [1.807, 2.05) is 0 Å². The number of benzene rings is 3. The van der Waals surface area contributed by atoms with Gasteiger partial charge in [0.25, 0.3) is 0 Å². The monoisotopic (exact) mass is 288 g/mol. The van der Waals surface area contributed by atoms with E-state index in [4.69, 9.17) is 4.74 Å². The number of hydrogen-bond donors (Lipinski definition) is 0. The molecule has 0 saturated heterocycles. The molecule has 0 bridgehead atoms. The first-order chi connectivity index (χ1) is 10.6. The molecule has 0 heterocycles. The Morgan fingerprint density at radius 3 is 2.32 bits per heavy atom. The molecule has 22 heavy (non-hydrogen) atoms. The fourth-order valence-corrected chi connectivity index (χ4v) is 2.76. The average molecular weight is 288 g/mol. The first-order valence-corrected chi connectivity index (χ1v) is 7.44. The molecule has 3 aromatic rings. The van der Waals surface area contributed by atoms with Gasteiger partial charge in [0.2, 0.25) is 0 Å². The highest BCUT2D eigenvalue weighted by Crippen LogP contribution is 2.30. The van der Waals surface area contributed by atoms with Crippen LogP contribution >= 0.6 is 0 Å². The van der Waals surface area contributed by atoms with E-state index in [-0.39, 0.29) is 0 Å². The van der Waals surface area contributed by atoms with Gasteiger partial charge in [0.1, 0.15) is 5.75 Å². The average Bonchev–Trinajstić information content (AvgIpc) is 2.56. The highest BCUT2D eigenvalue weighted by atomic mass is 16.5. The van der Waals surface area contributed by atoms with Gasteiger partial charge in [-0.1, -0.05) is 49.0 Å². The van der Waals surface area contributed by atoms with Gasteiger partial charge in [-0.15, -0.1) is 0 Å². The molecule has 3 aromatic carbocycles. The number of fused-ring (bicyclic) bond motifs is 1. The van der Waals surface area contributed by atoms with Gasteiger partial charge >= 0.3 is 0 Å². The van der Waals surface area contributed by atoms with Crippen molar-refractivity contribution in [2.24, 2.45) is 0 Å². The Kier molecular flexibility index (Phi) is 3.72. The Labute approximate surface area is 131 Å². The molecule has 0 radical (unpaired) electrons. The Balaban J connectivity index is 2.07. The quantitative estimate of drug-likeness (QED) is 0.616. The molecule has 0 aromatic heterocycles. The summed E-state index contributed by atoms with van der Waals surface area (Å²) in [6.07, 6.45) is 0. The number of ether oxygens (including phenoxy) is 1. The summed E-state index contributed by atoms with van der Waals surface area (Å²) in [4.78, 5) is 0. The number of rotatable bonds is 3. The van der Waals surface area contributed by atoms with E-state index in [2.05, 4.69) is 75.0 Å². The second-order valence-electron chi connectivity index (χ2n) is 5.66. The SMILES string of the molecule is C=C(c1cc(C)c(C)c(OC)c1)c1ccc2ccccc2c1. The molecular weight excluding hydrogens is 268 g/mol. The van der Waals surface area contributed by atoms with Gasteiger partial charge in [-0.05, 0) is 64.6 Å². The third-order valence-electron chi connectivity index (χ3n) is 4.29. The largest absolute Gasteiger partial charge is 0.496 e. The van der Waals surface area contributed by atoms with Crippen molar-refractivity contribution >= 4 is 16.3 Å². The van der Waals surface area contributed by atoms with Crippen molar-refractivity contribution in [3.8, 4) is 5.75 Å². The summed E-state index contributed by atoms with van der Waals surface area (Å²) in [5.41, 5.74) is 5.67. The van der Waals surface area contributed by atoms with Crippen LogP contribution in [-0.2, 0) is 0 Å². The van der Waals surface area contributed by atoms with E-state index >= 15 is 0 Å². The molecule has 0 aliphatic carbocycles. The van der Waals surface area contributed by atoms with Crippen LogP contribution < -0.4 is 4.74 Å². The van der Waals surface area contributed by atoms with Gasteiger partial charge in [0.15, 0.2) is 0 Å². The zero-order valence-corrected chi connectivity index (χ0v) is 13.3. The lowest BCUT2D eigenvalue weighted by molar-refractivity contribution is 0.411. The van der Waals surface area contributed by atoms with Crippen molar-refractivity contribution in [2.75, 3.05) is 7.11 Å². The summed E-state index contributed by atoms with van der Waals surface area (Å²) in [5, 5.41) is 2.48. The molecule has 110 valence electrons. The van der Waals surface area contributed by atoms with E-state index in [1.165, 1.54) is 21.9 Å². The van der Waals surface area contributed by atoms with Gasteiger partial charge in [0.05, 0.1) is 7.11 Å². The smallest absolute Gasteiger partial charge is 0.122 e. The van der Waals surface area contributed by atoms with Crippen LogP contribution in [0.1, 0.15) is 22.3 Å². The highest BCUT2D eigenvalue weighted by molar-refractivity contribution is 5.89. The summed E-state index contributed by atoms with van der Waals surface area (Å²) in [7, 11) is 1.71. The fraction of sp³-hybridized carbons (Fsp3) is 0.143. The predicted molar refractivity (Wildman–Crippen MR) is 94.6 cm³/mol. The summed E-state index contributed by atoms with van der Waals surface area (Å²) >= 11 is 0. The van der Waals surface area contributed by atoms with Crippen molar-refractivity contribution in [2.45, 2.75) is 13.8 Å². The molecule has 0 amide bonds. The minimum absolute atomic E-state index is 0.914. The molecule has 1 nitrogen and oxygen atoms in total. The van der Waals surface area contributed by atoms with Crippen molar-refractivity contribution in [1.29, 1.82) is 0 Å². The maximum Gasteiger partial charge on any atom is 0.122 e. The Bertz CT molecular complexity index is 859. The maximum absolute atomic E-state index is 5.48. The molecule has 0 saturated carbocycles. The minimum atomic E-state index is 0.914. The third-order valence-corrected chi connectivity index (χ3v) is 4.29. The van der Waals surface area contributed by atoms with Crippen LogP contribution in [-0.4, -0.2) is 7.11 Å². The van der Waals surface area contributed by atoms with Gasteiger partial charge in [-0.2, -0.15) is 0 Å². The van der Waals surface area contributed by atoms with Gasteiger partial charge < -0.3 is 4.74 Å². The van der Waals surface area contributed by atoms with Crippen LogP contribution in [0.15, 0.2) is 61.2 Å². The second kappa shape index (κ2) is 5.69. The summed E-state index contributed by atoms with van der Waals surface area (Å²) in [5.74, 6) is 0.914. The van der Waals surface area contributed by atoms with Crippen molar-refractivity contribution in [3.05, 3.63) is 83.4 Å². The highest BCUT2D eigenvalue weighted by Gasteiger charge is 2.09. The number of hydrogen-bond acceptors (Lipinski definition) is 1. The minimum Gasteiger partial charge on any atom is -0.496 e. The number of aryl methyl sites for hydroxylation is 1. The molecule has 0 fully saturated rings. The molecule has 1 heteroatoms. The molecule has 0 aliphatic heterocycles. The van der Waals surface area contributed by atoms with Gasteiger partial charge in [0, 0.05) is 0 Å². The van der Waals surface area contributed by atoms with E-state index < -0.39 is 0 Å². The van der Waals surface area contributed by atoms with Crippen LogP contribution in [0.2, 0.25) is 0 Å². The van der Waals surface area contributed by atoms with Crippen molar-refractivity contribution in [3.63, 3.8) is 0 Å². The van der Waals surface area contributed by atoms with E-state index in [1.54, 1.807) is 7.11 Å². The molecule has 0 spiro atoms. The lowest BCUT2D eigenvalue weighted by Gasteiger charge is -2.13. The van der Waals surface area contributed by atoms with E-state index in [0.29, 0.717) is 0 Å².